The van der Waals surface area contributed by atoms with Gasteiger partial charge in [0.05, 0.1) is 12.1 Å². The van der Waals surface area contributed by atoms with Crippen LogP contribution >= 0.6 is 0 Å². The predicted octanol–water partition coefficient (Wildman–Crippen LogP) is 2.71. The van der Waals surface area contributed by atoms with Gasteiger partial charge in [0.25, 0.3) is 0 Å². The van der Waals surface area contributed by atoms with E-state index in [0.717, 1.165) is 39.0 Å². The fraction of sp³-hybridized carbons (Fsp3) is 0.625. The fourth-order valence-electron chi connectivity index (χ4n) is 2.69. The second-order valence-electron chi connectivity index (χ2n) is 5.09. The molecule has 1 aromatic carbocycles. The van der Waals surface area contributed by atoms with Gasteiger partial charge in [-0.2, -0.15) is 0 Å². The number of methoxy groups -OCH3 is 1. The smallest absolute Gasteiger partial charge is 0.0810 e. The van der Waals surface area contributed by atoms with Crippen LogP contribution in [0.4, 0.5) is 0 Å². The number of rotatable bonds is 8. The molecule has 0 amide bonds. The van der Waals surface area contributed by atoms with E-state index in [-0.39, 0.29) is 6.10 Å². The van der Waals surface area contributed by atoms with Crippen molar-refractivity contribution in [1.82, 2.24) is 5.32 Å². The first-order chi connectivity index (χ1) is 9.36. The fourth-order valence-corrected chi connectivity index (χ4v) is 2.69. The summed E-state index contributed by atoms with van der Waals surface area (Å²) in [6.45, 7) is 4.78. The normalized spacial score (nSPS) is 21.6. The quantitative estimate of drug-likeness (QED) is 0.732. The van der Waals surface area contributed by atoms with Crippen LogP contribution in [-0.4, -0.2) is 33.0 Å². The molecule has 0 heterocycles. The van der Waals surface area contributed by atoms with Gasteiger partial charge in [0, 0.05) is 26.7 Å². The Balaban J connectivity index is 1.95. The minimum atomic E-state index is 0.265. The van der Waals surface area contributed by atoms with Gasteiger partial charge in [0.15, 0.2) is 0 Å². The molecule has 2 atom stereocenters. The van der Waals surface area contributed by atoms with Crippen molar-refractivity contribution in [2.75, 3.05) is 26.9 Å². The molecule has 19 heavy (non-hydrogen) atoms. The average Bonchev–Trinajstić information content (AvgIpc) is 2.79. The first-order valence-corrected chi connectivity index (χ1v) is 7.28. The highest BCUT2D eigenvalue weighted by atomic mass is 16.5. The van der Waals surface area contributed by atoms with Crippen molar-refractivity contribution in [1.29, 1.82) is 0 Å². The van der Waals surface area contributed by atoms with Crippen molar-refractivity contribution in [3.05, 3.63) is 35.4 Å². The third-order valence-electron chi connectivity index (χ3n) is 3.62. The molecule has 106 valence electrons. The van der Waals surface area contributed by atoms with Crippen LogP contribution in [0.5, 0.6) is 0 Å². The standard InChI is InChI=1S/C16H25NO2/c1-3-9-17-16-14-8-5-4-7-13(14)12-15(16)19-11-6-10-18-2/h4-5,7-8,15-17H,3,6,9-12H2,1-2H3. The molecule has 2 unspecified atom stereocenters. The summed E-state index contributed by atoms with van der Waals surface area (Å²) in [5.41, 5.74) is 2.83. The molecule has 3 nitrogen and oxygen atoms in total. The molecule has 1 aromatic rings. The predicted molar refractivity (Wildman–Crippen MR) is 77.4 cm³/mol. The van der Waals surface area contributed by atoms with E-state index >= 15 is 0 Å². The van der Waals surface area contributed by atoms with E-state index in [1.165, 1.54) is 11.1 Å². The SMILES string of the molecule is CCCNC1c2ccccc2CC1OCCCOC. The minimum Gasteiger partial charge on any atom is -0.385 e. The van der Waals surface area contributed by atoms with E-state index < -0.39 is 0 Å². The summed E-state index contributed by atoms with van der Waals surface area (Å²) in [4.78, 5) is 0. The van der Waals surface area contributed by atoms with Crippen molar-refractivity contribution in [3.8, 4) is 0 Å². The molecule has 1 N–H and O–H groups in total. The van der Waals surface area contributed by atoms with E-state index in [1.54, 1.807) is 7.11 Å². The number of nitrogens with one attached hydrogen (secondary N) is 1. The van der Waals surface area contributed by atoms with Crippen LogP contribution in [0.2, 0.25) is 0 Å². The maximum absolute atomic E-state index is 6.05. The van der Waals surface area contributed by atoms with E-state index in [2.05, 4.69) is 36.5 Å². The van der Waals surface area contributed by atoms with Crippen LogP contribution in [0.1, 0.15) is 36.9 Å². The first kappa shape index (κ1) is 14.5. The summed E-state index contributed by atoms with van der Waals surface area (Å²) in [6.07, 6.45) is 3.39. The lowest BCUT2D eigenvalue weighted by molar-refractivity contribution is 0.0237. The van der Waals surface area contributed by atoms with Crippen molar-refractivity contribution in [2.24, 2.45) is 0 Å². The number of hydrogen-bond donors (Lipinski definition) is 1. The van der Waals surface area contributed by atoms with Crippen LogP contribution in [0.3, 0.4) is 0 Å². The lowest BCUT2D eigenvalue weighted by atomic mass is 10.1. The Bertz CT molecular complexity index is 381. The van der Waals surface area contributed by atoms with Crippen LogP contribution < -0.4 is 5.32 Å². The van der Waals surface area contributed by atoms with Crippen molar-refractivity contribution in [3.63, 3.8) is 0 Å². The Kier molecular flexibility index (Phi) is 5.83. The maximum Gasteiger partial charge on any atom is 0.0810 e. The molecule has 0 aliphatic heterocycles. The molecule has 3 heteroatoms. The zero-order valence-electron chi connectivity index (χ0n) is 12.0. The van der Waals surface area contributed by atoms with Gasteiger partial charge in [0.1, 0.15) is 0 Å². The Morgan fingerprint density at radius 2 is 2.11 bits per heavy atom. The summed E-state index contributed by atoms with van der Waals surface area (Å²) < 4.78 is 11.1. The Morgan fingerprint density at radius 3 is 2.89 bits per heavy atom. The first-order valence-electron chi connectivity index (χ1n) is 7.28. The summed E-state index contributed by atoms with van der Waals surface area (Å²) in [5, 5.41) is 3.62. The average molecular weight is 263 g/mol. The Morgan fingerprint density at radius 1 is 1.26 bits per heavy atom. The highest BCUT2D eigenvalue weighted by Crippen LogP contribution is 2.33. The lowest BCUT2D eigenvalue weighted by Gasteiger charge is -2.22. The highest BCUT2D eigenvalue weighted by molar-refractivity contribution is 5.36. The largest absolute Gasteiger partial charge is 0.385 e. The van der Waals surface area contributed by atoms with Crippen LogP contribution in [0.15, 0.2) is 24.3 Å². The number of benzene rings is 1. The second kappa shape index (κ2) is 7.63. The molecule has 2 rings (SSSR count). The molecule has 0 fully saturated rings. The van der Waals surface area contributed by atoms with Crippen molar-refractivity contribution < 1.29 is 9.47 Å². The molecule has 0 saturated carbocycles. The summed E-state index contributed by atoms with van der Waals surface area (Å²) in [5.74, 6) is 0. The molecule has 1 aliphatic rings. The monoisotopic (exact) mass is 263 g/mol. The van der Waals surface area contributed by atoms with Crippen molar-refractivity contribution >= 4 is 0 Å². The molecule has 0 aromatic heterocycles. The molecular weight excluding hydrogens is 238 g/mol. The van der Waals surface area contributed by atoms with Gasteiger partial charge in [-0.05, 0) is 30.5 Å². The van der Waals surface area contributed by atoms with Crippen LogP contribution in [0, 0.1) is 0 Å². The summed E-state index contributed by atoms with van der Waals surface area (Å²) >= 11 is 0. The molecule has 0 spiro atoms. The molecular formula is C16H25NO2. The van der Waals surface area contributed by atoms with E-state index in [4.69, 9.17) is 9.47 Å². The number of hydrogen-bond acceptors (Lipinski definition) is 3. The summed E-state index contributed by atoms with van der Waals surface area (Å²) in [6, 6.07) is 9.02. The maximum atomic E-state index is 6.05. The van der Waals surface area contributed by atoms with Gasteiger partial charge < -0.3 is 14.8 Å². The van der Waals surface area contributed by atoms with Crippen LogP contribution in [0.25, 0.3) is 0 Å². The zero-order chi connectivity index (χ0) is 13.5. The van der Waals surface area contributed by atoms with Gasteiger partial charge in [-0.15, -0.1) is 0 Å². The minimum absolute atomic E-state index is 0.265. The highest BCUT2D eigenvalue weighted by Gasteiger charge is 2.32. The van der Waals surface area contributed by atoms with E-state index in [0.29, 0.717) is 6.04 Å². The van der Waals surface area contributed by atoms with Gasteiger partial charge in [0.2, 0.25) is 0 Å². The lowest BCUT2D eigenvalue weighted by Crippen LogP contribution is -2.31. The molecule has 1 aliphatic carbocycles. The third-order valence-corrected chi connectivity index (χ3v) is 3.62. The number of fused-ring (bicyclic) bond motifs is 1. The second-order valence-corrected chi connectivity index (χ2v) is 5.09. The molecule has 0 bridgehead atoms. The van der Waals surface area contributed by atoms with Gasteiger partial charge in [-0.25, -0.2) is 0 Å². The Labute approximate surface area is 116 Å². The summed E-state index contributed by atoms with van der Waals surface area (Å²) in [7, 11) is 1.73. The Hall–Kier alpha value is -0.900. The van der Waals surface area contributed by atoms with E-state index in [9.17, 15) is 0 Å². The number of ether oxygens (including phenoxy) is 2. The third kappa shape index (κ3) is 3.78. The van der Waals surface area contributed by atoms with Gasteiger partial charge in [-0.3, -0.25) is 0 Å². The molecule has 0 radical (unpaired) electrons. The zero-order valence-corrected chi connectivity index (χ0v) is 12.0. The van der Waals surface area contributed by atoms with Crippen molar-refractivity contribution in [2.45, 2.75) is 38.3 Å². The topological polar surface area (TPSA) is 30.5 Å². The van der Waals surface area contributed by atoms with Crippen LogP contribution in [-0.2, 0) is 15.9 Å². The van der Waals surface area contributed by atoms with Gasteiger partial charge in [-0.1, -0.05) is 31.2 Å². The van der Waals surface area contributed by atoms with E-state index in [1.807, 2.05) is 0 Å². The molecule has 0 saturated heterocycles. The van der Waals surface area contributed by atoms with Gasteiger partial charge >= 0.3 is 0 Å².